The van der Waals surface area contributed by atoms with Gasteiger partial charge in [0.05, 0.1) is 6.61 Å². The molecule has 1 heterocycles. The number of carbonyl (C=O) groups is 1. The van der Waals surface area contributed by atoms with E-state index in [0.29, 0.717) is 6.61 Å². The van der Waals surface area contributed by atoms with Gasteiger partial charge in [-0.3, -0.25) is 4.79 Å². The molecule has 4 nitrogen and oxygen atoms in total. The van der Waals surface area contributed by atoms with Crippen molar-refractivity contribution in [2.75, 3.05) is 12.1 Å². The standard InChI is InChI=1S/C10H11NO3/c1-7(12)11-9-3-2-4-10-8(9)5-13-6-14-10/h2-4H,5-6H2,1H3,(H,11,12). The average Bonchev–Trinajstić information content (AvgIpc) is 2.18. The Morgan fingerprint density at radius 3 is 3.14 bits per heavy atom. The minimum absolute atomic E-state index is 0.0935. The molecule has 0 saturated heterocycles. The lowest BCUT2D eigenvalue weighted by molar-refractivity contribution is -0.114. The Balaban J connectivity index is 2.35. The molecule has 1 aromatic carbocycles. The zero-order chi connectivity index (χ0) is 9.97. The van der Waals surface area contributed by atoms with Crippen molar-refractivity contribution in [1.29, 1.82) is 0 Å². The maximum Gasteiger partial charge on any atom is 0.221 e. The molecule has 1 aliphatic rings. The van der Waals surface area contributed by atoms with Gasteiger partial charge in [0.25, 0.3) is 0 Å². The Hall–Kier alpha value is -1.55. The first-order valence-electron chi connectivity index (χ1n) is 4.37. The van der Waals surface area contributed by atoms with Crippen molar-refractivity contribution >= 4 is 11.6 Å². The second kappa shape index (κ2) is 3.67. The molecule has 0 unspecified atom stereocenters. The van der Waals surface area contributed by atoms with E-state index in [9.17, 15) is 4.79 Å². The van der Waals surface area contributed by atoms with E-state index in [1.165, 1.54) is 6.92 Å². The van der Waals surface area contributed by atoms with E-state index < -0.39 is 0 Å². The lowest BCUT2D eigenvalue weighted by atomic mass is 10.1. The summed E-state index contributed by atoms with van der Waals surface area (Å²) in [5.41, 5.74) is 1.66. The molecule has 4 heteroatoms. The highest BCUT2D eigenvalue weighted by Gasteiger charge is 2.14. The van der Waals surface area contributed by atoms with Crippen LogP contribution in [0.25, 0.3) is 0 Å². The molecule has 74 valence electrons. The summed E-state index contributed by atoms with van der Waals surface area (Å²) >= 11 is 0. The van der Waals surface area contributed by atoms with Gasteiger partial charge in [0.15, 0.2) is 6.79 Å². The molecule has 14 heavy (non-hydrogen) atoms. The molecule has 0 saturated carbocycles. The summed E-state index contributed by atoms with van der Waals surface area (Å²) in [7, 11) is 0. The van der Waals surface area contributed by atoms with Gasteiger partial charge in [0.2, 0.25) is 5.91 Å². The Morgan fingerprint density at radius 1 is 1.50 bits per heavy atom. The van der Waals surface area contributed by atoms with Crippen LogP contribution in [0, 0.1) is 0 Å². The lowest BCUT2D eigenvalue weighted by Crippen LogP contribution is -2.15. The van der Waals surface area contributed by atoms with Gasteiger partial charge in [-0.2, -0.15) is 0 Å². The SMILES string of the molecule is CC(=O)Nc1cccc2c1COCO2. The van der Waals surface area contributed by atoms with Gasteiger partial charge in [-0.15, -0.1) is 0 Å². The summed E-state index contributed by atoms with van der Waals surface area (Å²) in [5.74, 6) is 0.687. The van der Waals surface area contributed by atoms with Gasteiger partial charge in [-0.1, -0.05) is 6.07 Å². The molecule has 2 rings (SSSR count). The van der Waals surface area contributed by atoms with Crippen LogP contribution < -0.4 is 10.1 Å². The fourth-order valence-electron chi connectivity index (χ4n) is 1.41. The predicted molar refractivity (Wildman–Crippen MR) is 51.0 cm³/mol. The van der Waals surface area contributed by atoms with E-state index in [2.05, 4.69) is 5.32 Å². The van der Waals surface area contributed by atoms with Crippen molar-refractivity contribution < 1.29 is 14.3 Å². The van der Waals surface area contributed by atoms with E-state index in [1.807, 2.05) is 18.2 Å². The largest absolute Gasteiger partial charge is 0.467 e. The molecular weight excluding hydrogens is 182 g/mol. The van der Waals surface area contributed by atoms with Gasteiger partial charge < -0.3 is 14.8 Å². The zero-order valence-corrected chi connectivity index (χ0v) is 7.87. The van der Waals surface area contributed by atoms with Crippen molar-refractivity contribution in [3.63, 3.8) is 0 Å². The summed E-state index contributed by atoms with van der Waals surface area (Å²) in [6, 6.07) is 5.54. The molecule has 1 amide bonds. The maximum atomic E-state index is 10.9. The van der Waals surface area contributed by atoms with E-state index in [-0.39, 0.29) is 12.7 Å². The Kier molecular flexibility index (Phi) is 2.37. The van der Waals surface area contributed by atoms with E-state index in [0.717, 1.165) is 17.0 Å². The second-order valence-corrected chi connectivity index (χ2v) is 3.07. The number of amides is 1. The molecule has 1 aliphatic heterocycles. The quantitative estimate of drug-likeness (QED) is 0.735. The molecule has 1 N–H and O–H groups in total. The molecule has 0 spiro atoms. The Labute approximate surface area is 81.8 Å². The fourth-order valence-corrected chi connectivity index (χ4v) is 1.41. The molecule has 0 atom stereocenters. The maximum absolute atomic E-state index is 10.9. The highest BCUT2D eigenvalue weighted by atomic mass is 16.7. The van der Waals surface area contributed by atoms with Crippen LogP contribution >= 0.6 is 0 Å². The molecule has 0 fully saturated rings. The number of hydrogen-bond donors (Lipinski definition) is 1. The highest BCUT2D eigenvalue weighted by Crippen LogP contribution is 2.29. The van der Waals surface area contributed by atoms with Crippen molar-refractivity contribution in [2.45, 2.75) is 13.5 Å². The van der Waals surface area contributed by atoms with Crippen LogP contribution in [-0.4, -0.2) is 12.7 Å². The van der Waals surface area contributed by atoms with E-state index in [4.69, 9.17) is 9.47 Å². The number of nitrogens with one attached hydrogen (secondary N) is 1. The van der Waals surface area contributed by atoms with Crippen LogP contribution in [0.3, 0.4) is 0 Å². The summed E-state index contributed by atoms with van der Waals surface area (Å²) in [4.78, 5) is 10.9. The average molecular weight is 193 g/mol. The van der Waals surface area contributed by atoms with E-state index >= 15 is 0 Å². The smallest absolute Gasteiger partial charge is 0.221 e. The van der Waals surface area contributed by atoms with Crippen LogP contribution in [0.5, 0.6) is 5.75 Å². The Morgan fingerprint density at radius 2 is 2.36 bits per heavy atom. The summed E-state index contributed by atoms with van der Waals surface area (Å²) in [6.07, 6.45) is 0. The molecule has 0 radical (unpaired) electrons. The molecular formula is C10H11NO3. The summed E-state index contributed by atoms with van der Waals surface area (Å²) in [5, 5.41) is 2.73. The van der Waals surface area contributed by atoms with Gasteiger partial charge in [-0.05, 0) is 12.1 Å². The van der Waals surface area contributed by atoms with Crippen LogP contribution in [0.1, 0.15) is 12.5 Å². The third-order valence-electron chi connectivity index (χ3n) is 1.99. The predicted octanol–water partition coefficient (Wildman–Crippen LogP) is 1.51. The minimum Gasteiger partial charge on any atom is -0.467 e. The third-order valence-corrected chi connectivity index (χ3v) is 1.99. The number of fused-ring (bicyclic) bond motifs is 1. The summed E-state index contributed by atoms with van der Waals surface area (Å²) in [6.45, 7) is 2.23. The molecule has 1 aromatic rings. The number of hydrogen-bond acceptors (Lipinski definition) is 3. The van der Waals surface area contributed by atoms with Crippen LogP contribution in [0.4, 0.5) is 5.69 Å². The first-order valence-corrected chi connectivity index (χ1v) is 4.37. The number of ether oxygens (including phenoxy) is 2. The number of carbonyl (C=O) groups excluding carboxylic acids is 1. The molecule has 0 bridgehead atoms. The van der Waals surface area contributed by atoms with Crippen LogP contribution in [0.15, 0.2) is 18.2 Å². The number of rotatable bonds is 1. The highest BCUT2D eigenvalue weighted by molar-refractivity contribution is 5.90. The van der Waals surface area contributed by atoms with E-state index in [1.54, 1.807) is 0 Å². The molecule has 0 aromatic heterocycles. The topological polar surface area (TPSA) is 47.6 Å². The van der Waals surface area contributed by atoms with Crippen molar-refractivity contribution in [1.82, 2.24) is 0 Å². The zero-order valence-electron chi connectivity index (χ0n) is 7.87. The second-order valence-electron chi connectivity index (χ2n) is 3.07. The fraction of sp³-hybridized carbons (Fsp3) is 0.300. The first-order chi connectivity index (χ1) is 6.77. The van der Waals surface area contributed by atoms with Gasteiger partial charge in [0, 0.05) is 18.2 Å². The van der Waals surface area contributed by atoms with Crippen LogP contribution in [-0.2, 0) is 16.1 Å². The summed E-state index contributed by atoms with van der Waals surface area (Å²) < 4.78 is 10.4. The molecule has 0 aliphatic carbocycles. The third kappa shape index (κ3) is 1.70. The van der Waals surface area contributed by atoms with Gasteiger partial charge in [-0.25, -0.2) is 0 Å². The van der Waals surface area contributed by atoms with Gasteiger partial charge in [0.1, 0.15) is 5.75 Å². The normalized spacial score (nSPS) is 14.1. The number of anilines is 1. The van der Waals surface area contributed by atoms with Crippen molar-refractivity contribution in [3.05, 3.63) is 23.8 Å². The minimum atomic E-state index is -0.0935. The van der Waals surface area contributed by atoms with Crippen LogP contribution in [0.2, 0.25) is 0 Å². The number of benzene rings is 1. The first kappa shape index (κ1) is 9.02. The lowest BCUT2D eigenvalue weighted by Gasteiger charge is -2.20. The van der Waals surface area contributed by atoms with Crippen molar-refractivity contribution in [2.24, 2.45) is 0 Å². The van der Waals surface area contributed by atoms with Gasteiger partial charge >= 0.3 is 0 Å². The Bertz CT molecular complexity index is 362. The van der Waals surface area contributed by atoms with Crippen molar-refractivity contribution in [3.8, 4) is 5.75 Å². The monoisotopic (exact) mass is 193 g/mol.